The van der Waals surface area contributed by atoms with Gasteiger partial charge in [0.1, 0.15) is 30.2 Å². The number of nitrogens with zero attached hydrogens (tertiary/aromatic N) is 1. The first kappa shape index (κ1) is 33.6. The number of hydrogen-bond donors (Lipinski definition) is 5. The highest BCUT2D eigenvalue weighted by molar-refractivity contribution is 5.99. The molecule has 4 amide bonds. The van der Waals surface area contributed by atoms with E-state index in [0.717, 1.165) is 10.9 Å². The average Bonchev–Trinajstić information content (AvgIpc) is 3.02. The molecule has 1 aromatic heterocycles. The summed E-state index contributed by atoms with van der Waals surface area (Å²) in [6.07, 6.45) is -1.53. The molecule has 4 aromatic rings. The van der Waals surface area contributed by atoms with Gasteiger partial charge in [-0.3, -0.25) is 19.2 Å². The van der Waals surface area contributed by atoms with E-state index in [0.29, 0.717) is 11.1 Å². The van der Waals surface area contributed by atoms with Crippen LogP contribution in [0.3, 0.4) is 0 Å². The van der Waals surface area contributed by atoms with Crippen molar-refractivity contribution in [3.63, 3.8) is 0 Å². The number of carbonyl (C=O) groups excluding carboxylic acids is 4. The van der Waals surface area contributed by atoms with Crippen molar-refractivity contribution in [2.24, 2.45) is 5.73 Å². The topological polar surface area (TPSA) is 173 Å². The molecule has 0 bridgehead atoms. The normalized spacial score (nSPS) is 13.2. The van der Waals surface area contributed by atoms with E-state index in [4.69, 9.17) is 10.5 Å². The van der Waals surface area contributed by atoms with E-state index in [-0.39, 0.29) is 30.4 Å². The van der Waals surface area contributed by atoms with Crippen molar-refractivity contribution in [3.8, 4) is 5.75 Å². The Balaban J connectivity index is 1.51. The van der Waals surface area contributed by atoms with Crippen molar-refractivity contribution < 1.29 is 29.0 Å². The molecular weight excluding hydrogens is 586 g/mol. The lowest BCUT2D eigenvalue weighted by Crippen LogP contribution is -2.55. The molecule has 0 aliphatic rings. The van der Waals surface area contributed by atoms with Gasteiger partial charge in [-0.25, -0.2) is 4.98 Å². The summed E-state index contributed by atoms with van der Waals surface area (Å²) in [6, 6.07) is 24.1. The molecule has 240 valence electrons. The highest BCUT2D eigenvalue weighted by atomic mass is 16.5. The zero-order valence-corrected chi connectivity index (χ0v) is 26.0. The van der Waals surface area contributed by atoms with Gasteiger partial charge in [-0.1, -0.05) is 66.7 Å². The maximum Gasteiger partial charge on any atom is 0.270 e. The molecule has 0 radical (unpaired) electrons. The second-order valence-corrected chi connectivity index (χ2v) is 12.0. The van der Waals surface area contributed by atoms with Gasteiger partial charge in [0.15, 0.2) is 0 Å². The molecule has 0 aliphatic carbocycles. The second kappa shape index (κ2) is 15.1. The van der Waals surface area contributed by atoms with Crippen LogP contribution in [0.15, 0.2) is 91.0 Å². The average molecular weight is 626 g/mol. The van der Waals surface area contributed by atoms with E-state index >= 15 is 0 Å². The second-order valence-electron chi connectivity index (χ2n) is 12.0. The molecule has 1 heterocycles. The number of aliphatic hydroxyl groups excluding tert-OH is 1. The van der Waals surface area contributed by atoms with E-state index in [1.54, 1.807) is 42.5 Å². The van der Waals surface area contributed by atoms with Gasteiger partial charge in [0.05, 0.1) is 23.5 Å². The predicted molar refractivity (Wildman–Crippen MR) is 174 cm³/mol. The van der Waals surface area contributed by atoms with Gasteiger partial charge in [0.25, 0.3) is 11.8 Å². The van der Waals surface area contributed by atoms with Crippen LogP contribution in [0.4, 0.5) is 0 Å². The number of nitrogens with one attached hydrogen (secondary N) is 3. The molecule has 11 heteroatoms. The Bertz CT molecular complexity index is 1690. The first-order valence-electron chi connectivity index (χ1n) is 14.9. The van der Waals surface area contributed by atoms with Gasteiger partial charge in [0, 0.05) is 10.9 Å². The summed E-state index contributed by atoms with van der Waals surface area (Å²) >= 11 is 0. The quantitative estimate of drug-likeness (QED) is 0.152. The van der Waals surface area contributed by atoms with Gasteiger partial charge >= 0.3 is 0 Å². The SMILES string of the molecule is CC(C)(C)NC(=O)c1ccccc1OC[C@H](O)[C@H](Cc1ccccc1)NC(=O)[C@H](CC(N)=O)NC(=O)c1ccc2ccccc2n1. The van der Waals surface area contributed by atoms with Crippen LogP contribution in [0.5, 0.6) is 5.75 Å². The van der Waals surface area contributed by atoms with Crippen molar-refractivity contribution in [1.82, 2.24) is 20.9 Å². The Morgan fingerprint density at radius 1 is 0.848 bits per heavy atom. The predicted octanol–water partition coefficient (Wildman–Crippen LogP) is 2.90. The number of aromatic nitrogens is 1. The van der Waals surface area contributed by atoms with Gasteiger partial charge in [0.2, 0.25) is 11.8 Å². The number of fused-ring (bicyclic) bond motifs is 1. The summed E-state index contributed by atoms with van der Waals surface area (Å²) < 4.78 is 5.90. The van der Waals surface area contributed by atoms with Crippen LogP contribution < -0.4 is 26.4 Å². The molecule has 46 heavy (non-hydrogen) atoms. The number of pyridine rings is 1. The lowest BCUT2D eigenvalue weighted by Gasteiger charge is -2.27. The molecule has 3 atom stereocenters. The summed E-state index contributed by atoms with van der Waals surface area (Å²) in [6.45, 7) is 5.31. The highest BCUT2D eigenvalue weighted by Gasteiger charge is 2.30. The van der Waals surface area contributed by atoms with Crippen LogP contribution in [0.1, 0.15) is 53.6 Å². The maximum atomic E-state index is 13.6. The molecule has 0 fully saturated rings. The van der Waals surface area contributed by atoms with Crippen molar-refractivity contribution >= 4 is 34.5 Å². The lowest BCUT2D eigenvalue weighted by molar-refractivity contribution is -0.128. The smallest absolute Gasteiger partial charge is 0.270 e. The molecular formula is C35H39N5O6. The first-order chi connectivity index (χ1) is 21.9. The van der Waals surface area contributed by atoms with Gasteiger partial charge in [-0.15, -0.1) is 0 Å². The number of para-hydroxylation sites is 2. The van der Waals surface area contributed by atoms with E-state index in [1.165, 1.54) is 6.07 Å². The Kier molecular flexibility index (Phi) is 11.1. The fourth-order valence-electron chi connectivity index (χ4n) is 4.75. The molecule has 6 N–H and O–H groups in total. The van der Waals surface area contributed by atoms with Crippen LogP contribution >= 0.6 is 0 Å². The zero-order chi connectivity index (χ0) is 33.3. The van der Waals surface area contributed by atoms with Crippen molar-refractivity contribution in [1.29, 1.82) is 0 Å². The standard InChI is InChI=1S/C35H39N5O6/c1-35(2,3)40-32(43)24-14-8-10-16-30(24)46-21-29(41)27(19-22-11-5-4-6-12-22)38-34(45)28(20-31(36)42)39-33(44)26-18-17-23-13-7-9-15-25(23)37-26/h4-18,27-29,41H,19-21H2,1-3H3,(H2,36,42)(H,38,45)(H,39,44)(H,40,43)/t27-,28-,29-/m0/s1. The number of amides is 4. The van der Waals surface area contributed by atoms with E-state index < -0.39 is 47.9 Å². The van der Waals surface area contributed by atoms with Gasteiger partial charge < -0.3 is 31.5 Å². The maximum absolute atomic E-state index is 13.6. The number of nitrogens with two attached hydrogens (primary N) is 1. The Morgan fingerprint density at radius 2 is 1.52 bits per heavy atom. The molecule has 11 nitrogen and oxygen atoms in total. The largest absolute Gasteiger partial charge is 0.490 e. The third-order valence-corrected chi connectivity index (χ3v) is 6.98. The Labute approximate surface area is 267 Å². The minimum absolute atomic E-state index is 0.0596. The number of primary amides is 1. The van der Waals surface area contributed by atoms with E-state index in [2.05, 4.69) is 20.9 Å². The number of rotatable bonds is 13. The third-order valence-electron chi connectivity index (χ3n) is 6.98. The number of carbonyl (C=O) groups is 4. The van der Waals surface area contributed by atoms with Crippen molar-refractivity contribution in [3.05, 3.63) is 108 Å². The van der Waals surface area contributed by atoms with E-state index in [9.17, 15) is 24.3 Å². The summed E-state index contributed by atoms with van der Waals surface area (Å²) in [5.74, 6) is -2.27. The molecule has 4 rings (SSSR count). The fourth-order valence-corrected chi connectivity index (χ4v) is 4.75. The molecule has 0 unspecified atom stereocenters. The molecule has 0 saturated heterocycles. The lowest BCUT2D eigenvalue weighted by atomic mass is 10.0. The van der Waals surface area contributed by atoms with Crippen LogP contribution in [0.2, 0.25) is 0 Å². The molecule has 0 spiro atoms. The monoisotopic (exact) mass is 625 g/mol. The summed E-state index contributed by atoms with van der Waals surface area (Å²) in [7, 11) is 0. The van der Waals surface area contributed by atoms with Crippen molar-refractivity contribution in [2.45, 2.75) is 57.3 Å². The molecule has 0 saturated carbocycles. The summed E-state index contributed by atoms with van der Waals surface area (Å²) in [4.78, 5) is 55.8. The summed E-state index contributed by atoms with van der Waals surface area (Å²) in [5.41, 5.74) is 6.71. The fraction of sp³-hybridized carbons (Fsp3) is 0.286. The van der Waals surface area contributed by atoms with Gasteiger partial charge in [-0.2, -0.15) is 0 Å². The minimum Gasteiger partial charge on any atom is -0.490 e. The highest BCUT2D eigenvalue weighted by Crippen LogP contribution is 2.20. The van der Waals surface area contributed by atoms with E-state index in [1.807, 2.05) is 63.2 Å². The first-order valence-corrected chi connectivity index (χ1v) is 14.9. The van der Waals surface area contributed by atoms with Crippen molar-refractivity contribution in [2.75, 3.05) is 6.61 Å². The number of hydrogen-bond acceptors (Lipinski definition) is 7. The van der Waals surface area contributed by atoms with Crippen LogP contribution in [-0.2, 0) is 16.0 Å². The molecule has 3 aromatic carbocycles. The van der Waals surface area contributed by atoms with Crippen LogP contribution in [0, 0.1) is 0 Å². The number of benzene rings is 3. The zero-order valence-electron chi connectivity index (χ0n) is 26.0. The Hall–Kier alpha value is -5.29. The minimum atomic E-state index is -1.34. The van der Waals surface area contributed by atoms with Gasteiger partial charge in [-0.05, 0) is 57.0 Å². The summed E-state index contributed by atoms with van der Waals surface area (Å²) in [5, 5.41) is 20.4. The third kappa shape index (κ3) is 9.60. The molecule has 0 aliphatic heterocycles. The Morgan fingerprint density at radius 3 is 2.24 bits per heavy atom. The number of aliphatic hydroxyl groups is 1. The van der Waals surface area contributed by atoms with Crippen LogP contribution in [-0.4, -0.2) is 64.1 Å². The van der Waals surface area contributed by atoms with Crippen LogP contribution in [0.25, 0.3) is 10.9 Å². The number of ether oxygens (including phenoxy) is 1.